The van der Waals surface area contributed by atoms with Gasteiger partial charge in [-0.05, 0) is 72.8 Å². The zero-order valence-corrected chi connectivity index (χ0v) is 28.4. The monoisotopic (exact) mass is 682 g/mol. The van der Waals surface area contributed by atoms with E-state index >= 15 is 0 Å². The molecule has 0 atom stereocenters. The van der Waals surface area contributed by atoms with Crippen LogP contribution in [-0.4, -0.2) is 19.1 Å². The molecule has 0 amide bonds. The van der Waals surface area contributed by atoms with Crippen LogP contribution in [0.5, 0.6) is 0 Å². The first kappa shape index (κ1) is 28.1. The van der Waals surface area contributed by atoms with Gasteiger partial charge >= 0.3 is 0 Å². The molecule has 242 valence electrons. The lowest BCUT2D eigenvalue weighted by Gasteiger charge is -2.21. The molecular weight excluding hydrogens is 657 g/mol. The summed E-state index contributed by atoms with van der Waals surface area (Å²) in [6.45, 7) is 0. The predicted molar refractivity (Wildman–Crippen MR) is 213 cm³/mol. The molecule has 7 aromatic carbocycles. The topological polar surface area (TPSA) is 48.8 Å². The fourth-order valence-corrected chi connectivity index (χ4v) is 9.35. The number of rotatable bonds is 3. The second-order valence-corrected chi connectivity index (χ2v) is 14.5. The molecule has 0 fully saturated rings. The van der Waals surface area contributed by atoms with Gasteiger partial charge in [-0.2, -0.15) is 0 Å². The van der Waals surface area contributed by atoms with Gasteiger partial charge in [0.25, 0.3) is 0 Å². The van der Waals surface area contributed by atoms with E-state index in [0.717, 1.165) is 66.8 Å². The van der Waals surface area contributed by atoms with Crippen molar-refractivity contribution in [3.05, 3.63) is 158 Å². The summed E-state index contributed by atoms with van der Waals surface area (Å²) in [4.78, 5) is 13.1. The summed E-state index contributed by atoms with van der Waals surface area (Å²) < 4.78 is 11.1. The molecule has 0 spiro atoms. The van der Waals surface area contributed by atoms with Gasteiger partial charge in [0.15, 0.2) is 0 Å². The van der Waals surface area contributed by atoms with Gasteiger partial charge in [-0.3, -0.25) is 9.13 Å². The first-order chi connectivity index (χ1) is 25.8. The van der Waals surface area contributed by atoms with Crippen LogP contribution in [0.4, 0.5) is 0 Å². The molecular formula is C46H26N4OS. The van der Waals surface area contributed by atoms with Crippen LogP contribution in [0, 0.1) is 0 Å². The highest BCUT2D eigenvalue weighted by Gasteiger charge is 2.28. The van der Waals surface area contributed by atoms with Gasteiger partial charge < -0.3 is 4.42 Å². The number of benzene rings is 7. The predicted octanol–water partition coefficient (Wildman–Crippen LogP) is 12.4. The zero-order chi connectivity index (χ0) is 33.9. The van der Waals surface area contributed by atoms with Crippen molar-refractivity contribution in [2.75, 3.05) is 0 Å². The molecule has 0 unspecified atom stereocenters. The van der Waals surface area contributed by atoms with Gasteiger partial charge in [0.2, 0.25) is 0 Å². The van der Waals surface area contributed by atoms with Crippen molar-refractivity contribution in [1.82, 2.24) is 19.1 Å². The largest absolute Gasteiger partial charge is 0.456 e. The van der Waals surface area contributed by atoms with Gasteiger partial charge in [0, 0.05) is 53.5 Å². The maximum atomic E-state index is 6.19. The molecule has 52 heavy (non-hydrogen) atoms. The van der Waals surface area contributed by atoms with Crippen LogP contribution in [0.2, 0.25) is 0 Å². The van der Waals surface area contributed by atoms with Crippen LogP contribution < -0.4 is 0 Å². The van der Waals surface area contributed by atoms with E-state index in [0.29, 0.717) is 0 Å². The van der Waals surface area contributed by atoms with Crippen molar-refractivity contribution in [3.8, 4) is 33.9 Å². The van der Waals surface area contributed by atoms with Crippen molar-refractivity contribution in [1.29, 1.82) is 0 Å². The van der Waals surface area contributed by atoms with E-state index in [4.69, 9.17) is 14.4 Å². The summed E-state index contributed by atoms with van der Waals surface area (Å²) in [5, 5.41) is 5.93. The number of aromatic nitrogens is 4. The van der Waals surface area contributed by atoms with Gasteiger partial charge in [0.1, 0.15) is 16.8 Å². The average Bonchev–Trinajstić information content (AvgIpc) is 3.86. The summed E-state index contributed by atoms with van der Waals surface area (Å²) in [5.41, 5.74) is 13.0. The molecule has 0 saturated heterocycles. The molecule has 0 aliphatic carbocycles. The molecule has 1 aliphatic rings. The van der Waals surface area contributed by atoms with E-state index in [-0.39, 0.29) is 0 Å². The van der Waals surface area contributed by atoms with Gasteiger partial charge in [-0.1, -0.05) is 96.7 Å². The highest BCUT2D eigenvalue weighted by atomic mass is 32.2. The molecule has 5 nitrogen and oxygen atoms in total. The van der Waals surface area contributed by atoms with E-state index < -0.39 is 0 Å². The molecule has 1 aliphatic heterocycles. The maximum absolute atomic E-state index is 6.19. The van der Waals surface area contributed by atoms with E-state index in [2.05, 4.69) is 130 Å². The summed E-state index contributed by atoms with van der Waals surface area (Å²) in [6, 6.07) is 55.7. The minimum absolute atomic E-state index is 0.838. The first-order valence-corrected chi connectivity index (χ1v) is 18.2. The Balaban J connectivity index is 1.14. The first-order valence-electron chi connectivity index (χ1n) is 17.4. The molecule has 12 rings (SSSR count). The number of furan rings is 1. The van der Waals surface area contributed by atoms with Crippen LogP contribution in [-0.2, 0) is 0 Å². The Morgan fingerprint density at radius 3 is 2.04 bits per heavy atom. The van der Waals surface area contributed by atoms with Gasteiger partial charge in [-0.15, -0.1) is 0 Å². The highest BCUT2D eigenvalue weighted by molar-refractivity contribution is 7.99. The SMILES string of the molecule is c1cc(-c2nc3ccccc3nc2-c2ccc3oc4ccccc4c3c2)cc(-n2c3ccccc3c3c4cccc5c4n(c32)-c2ccccc2S5)c1. The van der Waals surface area contributed by atoms with Crippen molar-refractivity contribution >= 4 is 77.6 Å². The summed E-state index contributed by atoms with van der Waals surface area (Å²) in [5.74, 6) is 0. The molecule has 4 aromatic heterocycles. The Labute approximate surface area is 301 Å². The molecule has 0 bridgehead atoms. The van der Waals surface area contributed by atoms with E-state index in [1.807, 2.05) is 48.2 Å². The van der Waals surface area contributed by atoms with E-state index in [1.54, 1.807) is 0 Å². The Hall–Kier alpha value is -6.63. The normalized spacial score (nSPS) is 12.5. The number of para-hydroxylation sites is 6. The smallest absolute Gasteiger partial charge is 0.135 e. The minimum Gasteiger partial charge on any atom is -0.456 e. The summed E-state index contributed by atoms with van der Waals surface area (Å²) in [6.07, 6.45) is 0. The summed E-state index contributed by atoms with van der Waals surface area (Å²) in [7, 11) is 0. The Kier molecular flexibility index (Phi) is 5.65. The van der Waals surface area contributed by atoms with Crippen molar-refractivity contribution < 1.29 is 4.42 Å². The van der Waals surface area contributed by atoms with Gasteiger partial charge in [0.05, 0.1) is 39.1 Å². The second kappa shape index (κ2) is 10.4. The second-order valence-electron chi connectivity index (χ2n) is 13.4. The fourth-order valence-electron chi connectivity index (χ4n) is 8.26. The third-order valence-electron chi connectivity index (χ3n) is 10.5. The van der Waals surface area contributed by atoms with E-state index in [1.165, 1.54) is 42.7 Å². The van der Waals surface area contributed by atoms with Crippen LogP contribution >= 0.6 is 11.8 Å². The lowest BCUT2D eigenvalue weighted by molar-refractivity contribution is 0.669. The standard InChI is InChI=1S/C46H26N4OS/c1-5-18-36-31(14-1)42-32-15-10-22-41-45(32)50(37-19-6-8-21-40(37)52-41)46(42)49(36)29-12-9-11-27(25-29)43-44(48-35-17-4-3-16-34(35)47-43)28-23-24-39-33(26-28)30-13-2-7-20-38(30)51-39/h1-26H. The number of hydrogen-bond acceptors (Lipinski definition) is 4. The maximum Gasteiger partial charge on any atom is 0.135 e. The van der Waals surface area contributed by atoms with Gasteiger partial charge in [-0.25, -0.2) is 9.97 Å². The number of hydrogen-bond donors (Lipinski definition) is 0. The molecule has 0 N–H and O–H groups in total. The van der Waals surface area contributed by atoms with E-state index in [9.17, 15) is 0 Å². The number of fused-ring (bicyclic) bond motifs is 11. The molecule has 0 radical (unpaired) electrons. The Bertz CT molecular complexity index is 3290. The van der Waals surface area contributed by atoms with Crippen LogP contribution in [0.25, 0.3) is 99.7 Å². The van der Waals surface area contributed by atoms with Crippen molar-refractivity contribution in [2.24, 2.45) is 0 Å². The average molecular weight is 683 g/mol. The van der Waals surface area contributed by atoms with Crippen LogP contribution in [0.15, 0.2) is 172 Å². The molecule has 5 heterocycles. The van der Waals surface area contributed by atoms with Crippen LogP contribution in [0.1, 0.15) is 0 Å². The lowest BCUT2D eigenvalue weighted by Crippen LogP contribution is -2.05. The third kappa shape index (κ3) is 3.84. The molecule has 6 heteroatoms. The molecule has 11 aromatic rings. The quantitative estimate of drug-likeness (QED) is 0.186. The summed E-state index contributed by atoms with van der Waals surface area (Å²) >= 11 is 1.85. The van der Waals surface area contributed by atoms with Crippen molar-refractivity contribution in [3.63, 3.8) is 0 Å². The Morgan fingerprint density at radius 1 is 0.481 bits per heavy atom. The Morgan fingerprint density at radius 2 is 1.15 bits per heavy atom. The third-order valence-corrected chi connectivity index (χ3v) is 11.6. The minimum atomic E-state index is 0.838. The highest BCUT2D eigenvalue weighted by Crippen LogP contribution is 2.49. The zero-order valence-electron chi connectivity index (χ0n) is 27.6. The fraction of sp³-hybridized carbons (Fsp3) is 0. The van der Waals surface area contributed by atoms with Crippen molar-refractivity contribution in [2.45, 2.75) is 9.79 Å². The van der Waals surface area contributed by atoms with Crippen LogP contribution in [0.3, 0.4) is 0 Å². The lowest BCUT2D eigenvalue weighted by atomic mass is 10.0. The number of nitrogens with zero attached hydrogens (tertiary/aromatic N) is 4. The molecule has 0 saturated carbocycles.